The van der Waals surface area contributed by atoms with E-state index in [0.29, 0.717) is 6.04 Å². The van der Waals surface area contributed by atoms with E-state index in [9.17, 15) is 0 Å². The molecule has 1 aliphatic rings. The zero-order valence-corrected chi connectivity index (χ0v) is 8.96. The Hall–Kier alpha value is 0.120. The number of nitrogens with one attached hydrogen (secondary N) is 3. The highest BCUT2D eigenvalue weighted by molar-refractivity contribution is 14.0. The lowest BCUT2D eigenvalue weighted by atomic mass is 10.2. The van der Waals surface area contributed by atoms with Crippen molar-refractivity contribution >= 4 is 30.3 Å². The van der Waals surface area contributed by atoms with Crippen molar-refractivity contribution in [1.29, 1.82) is 5.41 Å². The van der Waals surface area contributed by atoms with Crippen molar-refractivity contribution in [1.82, 2.24) is 15.8 Å². The average molecular weight is 270 g/mol. The van der Waals surface area contributed by atoms with Gasteiger partial charge in [0.15, 0.2) is 0 Å². The van der Waals surface area contributed by atoms with Crippen LogP contribution in [0, 0.1) is 5.41 Å². The topological polar surface area (TPSA) is 51.1 Å². The smallest absolute Gasteiger partial charge is 0.0936 e. The average Bonchev–Trinajstić information content (AvgIpc) is 1.94. The van der Waals surface area contributed by atoms with Crippen molar-refractivity contribution in [3.63, 3.8) is 0 Å². The van der Waals surface area contributed by atoms with E-state index in [0.717, 1.165) is 19.6 Å². The minimum Gasteiger partial charge on any atom is -0.314 e. The van der Waals surface area contributed by atoms with Gasteiger partial charge in [-0.1, -0.05) is 0 Å². The summed E-state index contributed by atoms with van der Waals surface area (Å²) in [4.78, 5) is 0. The molecule has 0 bridgehead atoms. The van der Waals surface area contributed by atoms with Crippen LogP contribution in [0.4, 0.5) is 0 Å². The van der Waals surface area contributed by atoms with Gasteiger partial charge in [0.05, 0.1) is 6.34 Å². The summed E-state index contributed by atoms with van der Waals surface area (Å²) in [7, 11) is 0. The highest BCUT2D eigenvalue weighted by Crippen LogP contribution is 1.95. The third-order valence-corrected chi connectivity index (χ3v) is 1.73. The van der Waals surface area contributed by atoms with Gasteiger partial charge in [0.1, 0.15) is 0 Å². The first-order valence-corrected chi connectivity index (χ1v) is 3.57. The van der Waals surface area contributed by atoms with Gasteiger partial charge >= 0.3 is 0 Å². The Bertz CT molecular complexity index is 119. The molecule has 0 saturated carbocycles. The SMILES string of the molecule is CC1CNCCN1NC=N.I. The maximum atomic E-state index is 6.83. The summed E-state index contributed by atoms with van der Waals surface area (Å²) in [6.07, 6.45) is 1.22. The van der Waals surface area contributed by atoms with Crippen molar-refractivity contribution in [3.05, 3.63) is 0 Å². The Morgan fingerprint density at radius 1 is 1.73 bits per heavy atom. The van der Waals surface area contributed by atoms with Crippen LogP contribution in [0.2, 0.25) is 0 Å². The number of hydrazine groups is 1. The lowest BCUT2D eigenvalue weighted by molar-refractivity contribution is 0.144. The Labute approximate surface area is 84.2 Å². The van der Waals surface area contributed by atoms with Gasteiger partial charge in [-0.15, -0.1) is 24.0 Å². The fraction of sp³-hybridized carbons (Fsp3) is 0.833. The van der Waals surface area contributed by atoms with Crippen LogP contribution in [0.25, 0.3) is 0 Å². The molecule has 0 aromatic heterocycles. The van der Waals surface area contributed by atoms with Gasteiger partial charge in [-0.25, -0.2) is 5.01 Å². The molecule has 0 aromatic rings. The Kier molecular flexibility index (Phi) is 5.79. The zero-order chi connectivity index (χ0) is 7.40. The molecule has 0 amide bonds. The normalized spacial score (nSPS) is 25.4. The number of nitrogens with zero attached hydrogens (tertiary/aromatic N) is 1. The predicted molar refractivity (Wildman–Crippen MR) is 56.4 cm³/mol. The molecule has 11 heavy (non-hydrogen) atoms. The van der Waals surface area contributed by atoms with Crippen LogP contribution in [-0.2, 0) is 0 Å². The summed E-state index contributed by atoms with van der Waals surface area (Å²) in [6.45, 7) is 5.10. The Morgan fingerprint density at radius 3 is 3.00 bits per heavy atom. The van der Waals surface area contributed by atoms with Crippen LogP contribution in [0.15, 0.2) is 0 Å². The number of hydrogen-bond acceptors (Lipinski definition) is 3. The first kappa shape index (κ1) is 11.1. The lowest BCUT2D eigenvalue weighted by Crippen LogP contribution is -2.55. The third kappa shape index (κ3) is 3.35. The predicted octanol–water partition coefficient (Wildman–Crippen LogP) is 0.00977. The fourth-order valence-electron chi connectivity index (χ4n) is 1.12. The second-order valence-electron chi connectivity index (χ2n) is 2.52. The van der Waals surface area contributed by atoms with Gasteiger partial charge < -0.3 is 10.7 Å². The van der Waals surface area contributed by atoms with Crippen molar-refractivity contribution in [3.8, 4) is 0 Å². The van der Waals surface area contributed by atoms with E-state index in [-0.39, 0.29) is 24.0 Å². The number of halogens is 1. The molecule has 0 spiro atoms. The molecule has 66 valence electrons. The standard InChI is InChI=1S/C6H14N4.HI/c1-6-4-8-2-3-10(6)9-5-7;/h5-6,8H,2-4H2,1H3,(H2,7,9);1H. The van der Waals surface area contributed by atoms with E-state index < -0.39 is 0 Å². The zero-order valence-electron chi connectivity index (χ0n) is 6.63. The molecule has 1 fully saturated rings. The third-order valence-electron chi connectivity index (χ3n) is 1.73. The van der Waals surface area contributed by atoms with Crippen LogP contribution in [-0.4, -0.2) is 37.0 Å². The molecule has 3 N–H and O–H groups in total. The first-order chi connectivity index (χ1) is 4.84. The largest absolute Gasteiger partial charge is 0.314 e. The van der Waals surface area contributed by atoms with Gasteiger partial charge in [0, 0.05) is 25.7 Å². The van der Waals surface area contributed by atoms with E-state index in [1.165, 1.54) is 6.34 Å². The summed E-state index contributed by atoms with van der Waals surface area (Å²) >= 11 is 0. The van der Waals surface area contributed by atoms with Crippen molar-refractivity contribution < 1.29 is 0 Å². The van der Waals surface area contributed by atoms with Gasteiger partial charge in [-0.05, 0) is 6.92 Å². The summed E-state index contributed by atoms with van der Waals surface area (Å²) in [5.74, 6) is 0. The molecule has 0 aliphatic carbocycles. The molecule has 1 unspecified atom stereocenters. The second kappa shape index (κ2) is 5.73. The second-order valence-corrected chi connectivity index (χ2v) is 2.52. The van der Waals surface area contributed by atoms with Crippen LogP contribution < -0.4 is 10.7 Å². The van der Waals surface area contributed by atoms with Crippen LogP contribution in [0.5, 0.6) is 0 Å². The summed E-state index contributed by atoms with van der Waals surface area (Å²) < 4.78 is 0. The quantitative estimate of drug-likeness (QED) is 0.376. The van der Waals surface area contributed by atoms with Crippen molar-refractivity contribution in [2.45, 2.75) is 13.0 Å². The van der Waals surface area contributed by atoms with E-state index in [1.54, 1.807) is 0 Å². The Morgan fingerprint density at radius 2 is 2.45 bits per heavy atom. The van der Waals surface area contributed by atoms with E-state index in [4.69, 9.17) is 5.41 Å². The minimum atomic E-state index is 0. The van der Waals surface area contributed by atoms with Crippen LogP contribution in [0.1, 0.15) is 6.92 Å². The molecule has 1 heterocycles. The number of hydrogen-bond donors (Lipinski definition) is 3. The molecule has 5 heteroatoms. The number of rotatable bonds is 2. The molecule has 1 rings (SSSR count). The van der Waals surface area contributed by atoms with Crippen molar-refractivity contribution in [2.24, 2.45) is 0 Å². The maximum Gasteiger partial charge on any atom is 0.0936 e. The number of piperazine rings is 1. The summed E-state index contributed by atoms with van der Waals surface area (Å²) in [5, 5.41) is 12.2. The highest BCUT2D eigenvalue weighted by Gasteiger charge is 2.15. The minimum absolute atomic E-state index is 0. The van der Waals surface area contributed by atoms with Crippen LogP contribution in [0.3, 0.4) is 0 Å². The molecule has 0 aromatic carbocycles. The summed E-state index contributed by atoms with van der Waals surface area (Å²) in [6, 6.07) is 0.482. The molecule has 1 atom stereocenters. The molecular formula is C6H15IN4. The monoisotopic (exact) mass is 270 g/mol. The first-order valence-electron chi connectivity index (χ1n) is 3.57. The van der Waals surface area contributed by atoms with E-state index in [2.05, 4.69) is 22.7 Å². The molecule has 1 saturated heterocycles. The van der Waals surface area contributed by atoms with E-state index in [1.807, 2.05) is 0 Å². The van der Waals surface area contributed by atoms with E-state index >= 15 is 0 Å². The maximum absolute atomic E-state index is 6.83. The Balaban J connectivity index is 0.000001000. The van der Waals surface area contributed by atoms with Gasteiger partial charge in [-0.3, -0.25) is 5.41 Å². The summed E-state index contributed by atoms with van der Waals surface area (Å²) in [5.41, 5.74) is 2.87. The molecular weight excluding hydrogens is 255 g/mol. The fourth-order valence-corrected chi connectivity index (χ4v) is 1.12. The van der Waals surface area contributed by atoms with Gasteiger partial charge in [0.2, 0.25) is 0 Å². The molecule has 1 aliphatic heterocycles. The highest BCUT2D eigenvalue weighted by atomic mass is 127. The lowest BCUT2D eigenvalue weighted by Gasteiger charge is -2.32. The van der Waals surface area contributed by atoms with Crippen molar-refractivity contribution in [2.75, 3.05) is 19.6 Å². The van der Waals surface area contributed by atoms with Crippen LogP contribution >= 0.6 is 24.0 Å². The molecule has 4 nitrogen and oxygen atoms in total. The van der Waals surface area contributed by atoms with Gasteiger partial charge in [0.25, 0.3) is 0 Å². The van der Waals surface area contributed by atoms with Gasteiger partial charge in [-0.2, -0.15) is 0 Å². The molecule has 0 radical (unpaired) electrons.